The fraction of sp³-hybridized carbons (Fsp3) is 0.167. The molecule has 0 aliphatic rings. The molecule has 0 atom stereocenters. The molecule has 0 bridgehead atoms. The van der Waals surface area contributed by atoms with Crippen LogP contribution in [0.5, 0.6) is 0 Å². The third kappa shape index (κ3) is 3.58. The van der Waals surface area contributed by atoms with Crippen LogP contribution in [-0.4, -0.2) is 10.2 Å². The van der Waals surface area contributed by atoms with Gasteiger partial charge >= 0.3 is 0 Å². The van der Waals surface area contributed by atoms with E-state index >= 15 is 0 Å². The van der Waals surface area contributed by atoms with Gasteiger partial charge < -0.3 is 5.32 Å². The topological polar surface area (TPSA) is 40.7 Å². The Morgan fingerprint density at radius 2 is 1.76 bits per heavy atom. The van der Waals surface area contributed by atoms with Crippen molar-refractivity contribution in [3.8, 4) is 11.3 Å². The molecule has 1 heterocycles. The molecule has 21 heavy (non-hydrogen) atoms. The van der Waals surface area contributed by atoms with E-state index in [1.807, 2.05) is 6.07 Å². The van der Waals surface area contributed by atoms with Crippen molar-refractivity contribution in [1.29, 1.82) is 0 Å². The van der Waals surface area contributed by atoms with E-state index in [-0.39, 0.29) is 0 Å². The molecule has 0 aliphatic heterocycles. The van der Waals surface area contributed by atoms with E-state index in [0.29, 0.717) is 0 Å². The summed E-state index contributed by atoms with van der Waals surface area (Å²) in [4.78, 5) is 0. The Labute approximate surface area is 125 Å². The van der Waals surface area contributed by atoms with Crippen molar-refractivity contribution in [1.82, 2.24) is 15.5 Å². The molecule has 0 saturated heterocycles. The van der Waals surface area contributed by atoms with Crippen LogP contribution >= 0.6 is 0 Å². The number of aryl methyl sites for hydroxylation is 1. The van der Waals surface area contributed by atoms with Gasteiger partial charge in [0.25, 0.3) is 0 Å². The number of hydrogen-bond donors (Lipinski definition) is 2. The van der Waals surface area contributed by atoms with Gasteiger partial charge in [-0.2, -0.15) is 5.10 Å². The van der Waals surface area contributed by atoms with E-state index < -0.39 is 0 Å². The van der Waals surface area contributed by atoms with Crippen LogP contribution in [0.1, 0.15) is 16.7 Å². The first kappa shape index (κ1) is 13.6. The molecule has 2 aromatic carbocycles. The first-order chi connectivity index (χ1) is 10.3. The Morgan fingerprint density at radius 3 is 2.48 bits per heavy atom. The number of rotatable bonds is 5. The zero-order valence-electron chi connectivity index (χ0n) is 12.1. The molecule has 3 nitrogen and oxygen atoms in total. The average Bonchev–Trinajstić information content (AvgIpc) is 3.02. The lowest BCUT2D eigenvalue weighted by Crippen LogP contribution is -2.12. The fourth-order valence-corrected chi connectivity index (χ4v) is 2.39. The summed E-state index contributed by atoms with van der Waals surface area (Å²) in [6, 6.07) is 19.1. The monoisotopic (exact) mass is 277 g/mol. The maximum Gasteiger partial charge on any atom is 0.0650 e. The molecule has 0 aliphatic carbocycles. The van der Waals surface area contributed by atoms with Crippen LogP contribution in [0, 0.1) is 6.92 Å². The van der Waals surface area contributed by atoms with Gasteiger partial charge in [-0.25, -0.2) is 0 Å². The summed E-state index contributed by atoms with van der Waals surface area (Å²) in [5.74, 6) is 0. The minimum atomic E-state index is 0.872. The number of nitrogens with zero attached hydrogens (tertiary/aromatic N) is 1. The molecule has 3 heteroatoms. The van der Waals surface area contributed by atoms with Crippen LogP contribution in [0.15, 0.2) is 60.8 Å². The Hall–Kier alpha value is -2.39. The first-order valence-electron chi connectivity index (χ1n) is 7.16. The van der Waals surface area contributed by atoms with Crippen molar-refractivity contribution in [3.63, 3.8) is 0 Å². The van der Waals surface area contributed by atoms with Crippen molar-refractivity contribution in [3.05, 3.63) is 77.5 Å². The summed E-state index contributed by atoms with van der Waals surface area (Å²) in [5.41, 5.74) is 6.12. The lowest BCUT2D eigenvalue weighted by Gasteiger charge is -2.07. The molecule has 2 N–H and O–H groups in total. The normalized spacial score (nSPS) is 10.7. The lowest BCUT2D eigenvalue weighted by atomic mass is 10.1. The van der Waals surface area contributed by atoms with E-state index in [1.54, 1.807) is 6.20 Å². The lowest BCUT2D eigenvalue weighted by molar-refractivity contribution is 0.693. The highest BCUT2D eigenvalue weighted by molar-refractivity contribution is 5.58. The van der Waals surface area contributed by atoms with Crippen molar-refractivity contribution in [2.24, 2.45) is 0 Å². The van der Waals surface area contributed by atoms with Crippen LogP contribution in [0.4, 0.5) is 0 Å². The molecule has 1 aromatic heterocycles. The predicted octanol–water partition coefficient (Wildman–Crippen LogP) is 3.67. The molecule has 3 rings (SSSR count). The quantitative estimate of drug-likeness (QED) is 0.747. The number of aromatic nitrogens is 2. The Kier molecular flexibility index (Phi) is 4.12. The second kappa shape index (κ2) is 6.37. The SMILES string of the molecule is Cc1cccc(CNCc2ccc(-c3ccn[nH]3)cc2)c1. The second-order valence-corrected chi connectivity index (χ2v) is 5.26. The molecular formula is C18H19N3. The van der Waals surface area contributed by atoms with Gasteiger partial charge in [0.2, 0.25) is 0 Å². The van der Waals surface area contributed by atoms with Gasteiger partial charge in [0.15, 0.2) is 0 Å². The molecular weight excluding hydrogens is 258 g/mol. The van der Waals surface area contributed by atoms with Gasteiger partial charge in [-0.3, -0.25) is 5.10 Å². The van der Waals surface area contributed by atoms with Crippen LogP contribution in [0.25, 0.3) is 11.3 Å². The molecule has 0 saturated carbocycles. The Bertz CT molecular complexity index is 685. The summed E-state index contributed by atoms with van der Waals surface area (Å²) in [6.45, 7) is 3.89. The predicted molar refractivity (Wildman–Crippen MR) is 85.7 cm³/mol. The third-order valence-electron chi connectivity index (χ3n) is 3.51. The van der Waals surface area contributed by atoms with Crippen LogP contribution in [0.3, 0.4) is 0 Å². The van der Waals surface area contributed by atoms with Crippen molar-refractivity contribution in [2.75, 3.05) is 0 Å². The van der Waals surface area contributed by atoms with Crippen LogP contribution in [0.2, 0.25) is 0 Å². The smallest absolute Gasteiger partial charge is 0.0650 e. The molecule has 0 amide bonds. The molecule has 0 spiro atoms. The van der Waals surface area contributed by atoms with Gasteiger partial charge in [0, 0.05) is 19.3 Å². The molecule has 106 valence electrons. The van der Waals surface area contributed by atoms with Crippen molar-refractivity contribution >= 4 is 0 Å². The standard InChI is InChI=1S/C18H19N3/c1-14-3-2-4-16(11-14)13-19-12-15-5-7-17(8-6-15)18-9-10-20-21-18/h2-11,19H,12-13H2,1H3,(H,20,21). The maximum atomic E-state index is 3.97. The molecule has 0 unspecified atom stereocenters. The van der Waals surface area contributed by atoms with Crippen LogP contribution in [-0.2, 0) is 13.1 Å². The molecule has 0 fully saturated rings. The zero-order chi connectivity index (χ0) is 14.5. The molecule has 0 radical (unpaired) electrons. The highest BCUT2D eigenvalue weighted by Gasteiger charge is 1.99. The number of aromatic amines is 1. The average molecular weight is 277 g/mol. The van der Waals surface area contributed by atoms with Gasteiger partial charge in [-0.15, -0.1) is 0 Å². The zero-order valence-corrected chi connectivity index (χ0v) is 12.1. The largest absolute Gasteiger partial charge is 0.309 e. The second-order valence-electron chi connectivity index (χ2n) is 5.26. The van der Waals surface area contributed by atoms with E-state index in [1.165, 1.54) is 16.7 Å². The fourth-order valence-electron chi connectivity index (χ4n) is 2.39. The number of hydrogen-bond acceptors (Lipinski definition) is 2. The maximum absolute atomic E-state index is 3.97. The third-order valence-corrected chi connectivity index (χ3v) is 3.51. The van der Waals surface area contributed by atoms with Crippen molar-refractivity contribution in [2.45, 2.75) is 20.0 Å². The number of nitrogens with one attached hydrogen (secondary N) is 2. The Morgan fingerprint density at radius 1 is 0.952 bits per heavy atom. The minimum absolute atomic E-state index is 0.872. The van der Waals surface area contributed by atoms with Crippen LogP contribution < -0.4 is 5.32 Å². The number of H-pyrrole nitrogens is 1. The van der Waals surface area contributed by atoms with E-state index in [2.05, 4.69) is 71.0 Å². The highest BCUT2D eigenvalue weighted by atomic mass is 15.1. The number of benzene rings is 2. The summed E-state index contributed by atoms with van der Waals surface area (Å²) >= 11 is 0. The van der Waals surface area contributed by atoms with E-state index in [9.17, 15) is 0 Å². The minimum Gasteiger partial charge on any atom is -0.309 e. The summed E-state index contributed by atoms with van der Waals surface area (Å²) < 4.78 is 0. The highest BCUT2D eigenvalue weighted by Crippen LogP contribution is 2.16. The van der Waals surface area contributed by atoms with Crippen molar-refractivity contribution < 1.29 is 0 Å². The van der Waals surface area contributed by atoms with Gasteiger partial charge in [-0.1, -0.05) is 54.1 Å². The first-order valence-corrected chi connectivity index (χ1v) is 7.16. The molecule has 3 aromatic rings. The van der Waals surface area contributed by atoms with Gasteiger partial charge in [0.05, 0.1) is 5.69 Å². The van der Waals surface area contributed by atoms with E-state index in [4.69, 9.17) is 0 Å². The summed E-state index contributed by atoms with van der Waals surface area (Å²) in [5, 5.41) is 10.4. The van der Waals surface area contributed by atoms with E-state index in [0.717, 1.165) is 24.3 Å². The Balaban J connectivity index is 1.56. The summed E-state index contributed by atoms with van der Waals surface area (Å²) in [7, 11) is 0. The summed E-state index contributed by atoms with van der Waals surface area (Å²) in [6.07, 6.45) is 1.77. The van der Waals surface area contributed by atoms with Gasteiger partial charge in [-0.05, 0) is 29.7 Å². The van der Waals surface area contributed by atoms with Gasteiger partial charge in [0.1, 0.15) is 0 Å².